The minimum Gasteiger partial charge on any atom is -0.343 e. The fourth-order valence-corrected chi connectivity index (χ4v) is 4.09. The van der Waals surface area contributed by atoms with Gasteiger partial charge in [0.25, 0.3) is 0 Å². The van der Waals surface area contributed by atoms with Crippen molar-refractivity contribution in [1.82, 2.24) is 30.4 Å². The molecule has 0 aromatic carbocycles. The van der Waals surface area contributed by atoms with Crippen LogP contribution in [0.4, 0.5) is 0 Å². The predicted molar refractivity (Wildman–Crippen MR) is 95.9 cm³/mol. The third kappa shape index (κ3) is 3.61. The number of fused-ring (bicyclic) bond motifs is 1. The lowest BCUT2D eigenvalue weighted by atomic mass is 10.1. The van der Waals surface area contributed by atoms with Gasteiger partial charge in [0.1, 0.15) is 6.04 Å². The van der Waals surface area contributed by atoms with E-state index in [0.717, 1.165) is 50.3 Å². The van der Waals surface area contributed by atoms with Crippen LogP contribution in [-0.4, -0.2) is 63.1 Å². The van der Waals surface area contributed by atoms with Gasteiger partial charge in [-0.25, -0.2) is 5.43 Å². The number of aromatic nitrogens is 2. The van der Waals surface area contributed by atoms with Crippen molar-refractivity contribution in [2.75, 3.05) is 19.6 Å². The first-order valence-corrected chi connectivity index (χ1v) is 9.73. The topological polar surface area (TPSA) is 82.5 Å². The van der Waals surface area contributed by atoms with E-state index in [1.165, 1.54) is 0 Å². The second kappa shape index (κ2) is 7.36. The summed E-state index contributed by atoms with van der Waals surface area (Å²) in [7, 11) is 0. The summed E-state index contributed by atoms with van der Waals surface area (Å²) in [4.78, 5) is 28.7. The highest BCUT2D eigenvalue weighted by Crippen LogP contribution is 2.18. The molecule has 0 radical (unpaired) electrons. The van der Waals surface area contributed by atoms with Crippen LogP contribution in [0, 0.1) is 0 Å². The van der Waals surface area contributed by atoms with Crippen molar-refractivity contribution in [3.8, 4) is 0 Å². The van der Waals surface area contributed by atoms with Crippen molar-refractivity contribution in [3.63, 3.8) is 0 Å². The van der Waals surface area contributed by atoms with E-state index in [-0.39, 0.29) is 17.9 Å². The summed E-state index contributed by atoms with van der Waals surface area (Å²) in [5, 5.41) is 4.63. The second-order valence-corrected chi connectivity index (χ2v) is 7.68. The Hall–Kier alpha value is -1.93. The first kappa shape index (κ1) is 17.5. The largest absolute Gasteiger partial charge is 0.343 e. The van der Waals surface area contributed by atoms with E-state index in [0.29, 0.717) is 32.0 Å². The van der Waals surface area contributed by atoms with Crippen LogP contribution >= 0.6 is 0 Å². The van der Waals surface area contributed by atoms with E-state index in [4.69, 9.17) is 0 Å². The fraction of sp³-hybridized carbons (Fsp3) is 0.722. The number of carbonyl (C=O) groups is 2. The normalized spacial score (nSPS) is 25.6. The number of aryl methyl sites for hydroxylation is 1. The van der Waals surface area contributed by atoms with E-state index in [1.54, 1.807) is 0 Å². The molecule has 2 fully saturated rings. The van der Waals surface area contributed by atoms with Gasteiger partial charge in [-0.1, -0.05) is 0 Å². The van der Waals surface area contributed by atoms with Gasteiger partial charge in [0, 0.05) is 38.5 Å². The van der Waals surface area contributed by atoms with E-state index in [9.17, 15) is 9.59 Å². The molecule has 0 aliphatic carbocycles. The molecule has 2 amide bonds. The van der Waals surface area contributed by atoms with Gasteiger partial charge in [0.05, 0.1) is 24.5 Å². The number of carbonyl (C=O) groups excluding carboxylic acids is 2. The summed E-state index contributed by atoms with van der Waals surface area (Å²) in [6, 6.07) is 2.23. The summed E-state index contributed by atoms with van der Waals surface area (Å²) in [5.74, 6) is 0.388. The number of hydrogen-bond donors (Lipinski definition) is 2. The molecule has 4 heterocycles. The van der Waals surface area contributed by atoms with Gasteiger partial charge in [0.2, 0.25) is 11.8 Å². The first-order valence-electron chi connectivity index (χ1n) is 9.73. The van der Waals surface area contributed by atoms with Crippen LogP contribution in [0.25, 0.3) is 0 Å². The molecule has 142 valence electrons. The van der Waals surface area contributed by atoms with E-state index in [2.05, 4.69) is 28.9 Å². The molecule has 3 aliphatic heterocycles. The molecule has 2 saturated heterocycles. The fourth-order valence-electron chi connectivity index (χ4n) is 4.09. The number of hydrogen-bond acceptors (Lipinski definition) is 5. The third-order valence-corrected chi connectivity index (χ3v) is 5.61. The molecule has 0 saturated carbocycles. The van der Waals surface area contributed by atoms with Crippen LogP contribution in [0.3, 0.4) is 0 Å². The minimum atomic E-state index is -0.142. The molecule has 2 atom stereocenters. The van der Waals surface area contributed by atoms with Crippen LogP contribution in [0.15, 0.2) is 6.07 Å². The Labute approximate surface area is 153 Å². The van der Waals surface area contributed by atoms with Gasteiger partial charge in [-0.05, 0) is 32.3 Å². The minimum absolute atomic E-state index is 0.142. The Morgan fingerprint density at radius 3 is 2.69 bits per heavy atom. The van der Waals surface area contributed by atoms with E-state index >= 15 is 0 Å². The Morgan fingerprint density at radius 2 is 1.96 bits per heavy atom. The molecule has 4 rings (SSSR count). The standard InChI is InChI=1S/C18H28N6O2/c1-13-10-16(20-19-13)18(26)23-8-9-24-15(12-23)11-14(21-24)4-5-17(25)22-6-2-3-7-22/h11,13,16,19-20H,2-10,12H2,1H3. The molecule has 2 unspecified atom stereocenters. The number of rotatable bonds is 4. The molecule has 2 N–H and O–H groups in total. The van der Waals surface area contributed by atoms with Crippen molar-refractivity contribution in [2.24, 2.45) is 0 Å². The SMILES string of the molecule is CC1CC(C(=O)N2CCn3nc(CCC(=O)N4CCCC4)cc3C2)NN1. The van der Waals surface area contributed by atoms with Crippen LogP contribution < -0.4 is 10.9 Å². The van der Waals surface area contributed by atoms with Crippen molar-refractivity contribution >= 4 is 11.8 Å². The molecule has 8 nitrogen and oxygen atoms in total. The number of nitrogens with zero attached hydrogens (tertiary/aromatic N) is 4. The molecule has 0 bridgehead atoms. The summed E-state index contributed by atoms with van der Waals surface area (Å²) < 4.78 is 1.99. The second-order valence-electron chi connectivity index (χ2n) is 7.68. The van der Waals surface area contributed by atoms with Crippen molar-refractivity contribution in [1.29, 1.82) is 0 Å². The molecule has 26 heavy (non-hydrogen) atoms. The number of hydrazine groups is 1. The van der Waals surface area contributed by atoms with Crippen LogP contribution in [0.5, 0.6) is 0 Å². The maximum absolute atomic E-state index is 12.7. The summed E-state index contributed by atoms with van der Waals surface area (Å²) in [6.07, 6.45) is 4.26. The highest BCUT2D eigenvalue weighted by molar-refractivity contribution is 5.82. The number of likely N-dealkylation sites (tertiary alicyclic amines) is 1. The molecule has 1 aromatic heterocycles. The maximum atomic E-state index is 12.7. The Morgan fingerprint density at radius 1 is 1.15 bits per heavy atom. The van der Waals surface area contributed by atoms with Gasteiger partial charge in [-0.2, -0.15) is 5.10 Å². The van der Waals surface area contributed by atoms with E-state index in [1.807, 2.05) is 14.5 Å². The van der Waals surface area contributed by atoms with Crippen LogP contribution in [-0.2, 0) is 29.1 Å². The molecular formula is C18H28N6O2. The maximum Gasteiger partial charge on any atom is 0.241 e. The van der Waals surface area contributed by atoms with E-state index < -0.39 is 0 Å². The molecule has 8 heteroatoms. The van der Waals surface area contributed by atoms with Crippen molar-refractivity contribution in [3.05, 3.63) is 17.5 Å². The lowest BCUT2D eigenvalue weighted by molar-refractivity contribution is -0.134. The third-order valence-electron chi connectivity index (χ3n) is 5.61. The van der Waals surface area contributed by atoms with Crippen molar-refractivity contribution in [2.45, 2.75) is 64.2 Å². The quantitative estimate of drug-likeness (QED) is 0.792. The predicted octanol–water partition coefficient (Wildman–Crippen LogP) is 0.0353. The monoisotopic (exact) mass is 360 g/mol. The highest BCUT2D eigenvalue weighted by Gasteiger charge is 2.32. The lowest BCUT2D eigenvalue weighted by Gasteiger charge is -2.29. The zero-order chi connectivity index (χ0) is 18.1. The van der Waals surface area contributed by atoms with Gasteiger partial charge in [0.15, 0.2) is 0 Å². The molecular weight excluding hydrogens is 332 g/mol. The molecule has 1 aromatic rings. The average molecular weight is 360 g/mol. The number of nitrogens with one attached hydrogen (secondary N) is 2. The highest BCUT2D eigenvalue weighted by atomic mass is 16.2. The van der Waals surface area contributed by atoms with Gasteiger partial charge < -0.3 is 9.80 Å². The van der Waals surface area contributed by atoms with Crippen molar-refractivity contribution < 1.29 is 9.59 Å². The smallest absolute Gasteiger partial charge is 0.241 e. The lowest BCUT2D eigenvalue weighted by Crippen LogP contribution is -2.48. The number of amides is 2. The molecule has 0 spiro atoms. The first-order chi connectivity index (χ1) is 12.6. The van der Waals surface area contributed by atoms with Gasteiger partial charge >= 0.3 is 0 Å². The summed E-state index contributed by atoms with van der Waals surface area (Å²) in [5.41, 5.74) is 8.22. The van der Waals surface area contributed by atoms with Crippen LogP contribution in [0.1, 0.15) is 44.0 Å². The Kier molecular flexibility index (Phi) is 4.95. The van der Waals surface area contributed by atoms with Gasteiger partial charge in [-0.15, -0.1) is 0 Å². The zero-order valence-electron chi connectivity index (χ0n) is 15.4. The van der Waals surface area contributed by atoms with Gasteiger partial charge in [-0.3, -0.25) is 19.7 Å². The average Bonchev–Trinajstić information content (AvgIpc) is 3.38. The Bertz CT molecular complexity index is 681. The summed E-state index contributed by atoms with van der Waals surface area (Å²) in [6.45, 7) is 5.87. The molecule has 3 aliphatic rings. The Balaban J connectivity index is 1.33. The summed E-state index contributed by atoms with van der Waals surface area (Å²) >= 11 is 0. The zero-order valence-corrected chi connectivity index (χ0v) is 15.4. The van der Waals surface area contributed by atoms with Crippen LogP contribution in [0.2, 0.25) is 0 Å².